The van der Waals surface area contributed by atoms with Gasteiger partial charge in [-0.25, -0.2) is 0 Å². The summed E-state index contributed by atoms with van der Waals surface area (Å²) >= 11 is 0. The van der Waals surface area contributed by atoms with Gasteiger partial charge in [0.25, 0.3) is 0 Å². The number of nitrogens with zero attached hydrogens (tertiary/aromatic N) is 1. The SMILES string of the molecule is CCCC(=O)NCC(=O)N1CCCc2c(N)cccc21. The first-order chi connectivity index (χ1) is 9.63. The van der Waals surface area contributed by atoms with Crippen molar-refractivity contribution in [2.45, 2.75) is 32.6 Å². The fraction of sp³-hybridized carbons (Fsp3) is 0.467. The monoisotopic (exact) mass is 275 g/mol. The Morgan fingerprint density at radius 2 is 2.20 bits per heavy atom. The number of carbonyl (C=O) groups is 2. The summed E-state index contributed by atoms with van der Waals surface area (Å²) in [5.74, 6) is -0.160. The molecule has 0 saturated carbocycles. The number of carbonyl (C=O) groups excluding carboxylic acids is 2. The zero-order chi connectivity index (χ0) is 14.5. The molecule has 0 bridgehead atoms. The number of fused-ring (bicyclic) bond motifs is 1. The molecule has 5 heteroatoms. The molecule has 2 rings (SSSR count). The summed E-state index contributed by atoms with van der Waals surface area (Å²) in [5.41, 5.74) is 8.60. The Morgan fingerprint density at radius 1 is 1.40 bits per heavy atom. The van der Waals surface area contributed by atoms with Crippen LogP contribution < -0.4 is 16.0 Å². The highest BCUT2D eigenvalue weighted by molar-refractivity contribution is 5.98. The normalized spacial score (nSPS) is 13.8. The third kappa shape index (κ3) is 3.10. The number of rotatable bonds is 4. The van der Waals surface area contributed by atoms with Crippen molar-refractivity contribution in [3.63, 3.8) is 0 Å². The van der Waals surface area contributed by atoms with Crippen LogP contribution in [0, 0.1) is 0 Å². The molecular formula is C15H21N3O2. The zero-order valence-electron chi connectivity index (χ0n) is 11.8. The molecule has 0 spiro atoms. The van der Waals surface area contributed by atoms with E-state index in [1.165, 1.54) is 0 Å². The Bertz CT molecular complexity index is 514. The molecule has 0 aliphatic carbocycles. The lowest BCUT2D eigenvalue weighted by molar-refractivity contribution is -0.125. The van der Waals surface area contributed by atoms with Crippen molar-refractivity contribution in [3.05, 3.63) is 23.8 Å². The largest absolute Gasteiger partial charge is 0.398 e. The van der Waals surface area contributed by atoms with E-state index in [4.69, 9.17) is 5.73 Å². The molecule has 1 aromatic rings. The maximum atomic E-state index is 12.3. The number of nitrogens with one attached hydrogen (secondary N) is 1. The van der Waals surface area contributed by atoms with Gasteiger partial charge in [0.05, 0.1) is 6.54 Å². The highest BCUT2D eigenvalue weighted by atomic mass is 16.2. The Kier molecular flexibility index (Phi) is 4.61. The van der Waals surface area contributed by atoms with E-state index < -0.39 is 0 Å². The molecular weight excluding hydrogens is 254 g/mol. The van der Waals surface area contributed by atoms with Gasteiger partial charge < -0.3 is 16.0 Å². The molecule has 0 saturated heterocycles. The van der Waals surface area contributed by atoms with Crippen molar-refractivity contribution < 1.29 is 9.59 Å². The molecule has 3 N–H and O–H groups in total. The Balaban J connectivity index is 2.05. The Morgan fingerprint density at radius 3 is 2.95 bits per heavy atom. The van der Waals surface area contributed by atoms with E-state index in [9.17, 15) is 9.59 Å². The van der Waals surface area contributed by atoms with Crippen LogP contribution in [0.1, 0.15) is 31.7 Å². The molecule has 0 atom stereocenters. The topological polar surface area (TPSA) is 75.4 Å². The minimum absolute atomic E-state index is 0.0487. The number of anilines is 2. The number of amides is 2. The summed E-state index contributed by atoms with van der Waals surface area (Å²) in [4.78, 5) is 25.4. The molecule has 1 aliphatic rings. The Labute approximate surface area is 119 Å². The minimum atomic E-state index is -0.0824. The molecule has 20 heavy (non-hydrogen) atoms. The molecule has 0 unspecified atom stereocenters. The summed E-state index contributed by atoms with van der Waals surface area (Å²) in [6.07, 6.45) is 3.03. The summed E-state index contributed by atoms with van der Waals surface area (Å²) in [6, 6.07) is 5.63. The van der Waals surface area contributed by atoms with E-state index in [0.717, 1.165) is 36.2 Å². The van der Waals surface area contributed by atoms with Gasteiger partial charge in [-0.1, -0.05) is 13.0 Å². The highest BCUT2D eigenvalue weighted by Crippen LogP contribution is 2.31. The molecule has 1 heterocycles. The van der Waals surface area contributed by atoms with Crippen molar-refractivity contribution in [3.8, 4) is 0 Å². The van der Waals surface area contributed by atoms with Crippen molar-refractivity contribution in [2.75, 3.05) is 23.7 Å². The summed E-state index contributed by atoms with van der Waals surface area (Å²) in [7, 11) is 0. The number of nitrogen functional groups attached to an aromatic ring is 1. The molecule has 1 aliphatic heterocycles. The quantitative estimate of drug-likeness (QED) is 0.817. The van der Waals surface area contributed by atoms with Crippen LogP contribution in [0.5, 0.6) is 0 Å². The van der Waals surface area contributed by atoms with E-state index in [1.807, 2.05) is 25.1 Å². The Hall–Kier alpha value is -2.04. The third-order valence-electron chi connectivity index (χ3n) is 3.50. The highest BCUT2D eigenvalue weighted by Gasteiger charge is 2.23. The van der Waals surface area contributed by atoms with Crippen LogP contribution in [0.25, 0.3) is 0 Å². The van der Waals surface area contributed by atoms with Gasteiger partial charge in [0, 0.05) is 24.3 Å². The maximum absolute atomic E-state index is 12.3. The van der Waals surface area contributed by atoms with Crippen LogP contribution in [0.15, 0.2) is 18.2 Å². The molecule has 1 aromatic carbocycles. The minimum Gasteiger partial charge on any atom is -0.398 e. The molecule has 0 fully saturated rings. The second-order valence-corrected chi connectivity index (χ2v) is 5.02. The fourth-order valence-corrected chi connectivity index (χ4v) is 2.50. The first kappa shape index (κ1) is 14.4. The van der Waals surface area contributed by atoms with Gasteiger partial charge in [-0.3, -0.25) is 9.59 Å². The fourth-order valence-electron chi connectivity index (χ4n) is 2.50. The predicted molar refractivity (Wildman–Crippen MR) is 79.4 cm³/mol. The molecule has 5 nitrogen and oxygen atoms in total. The smallest absolute Gasteiger partial charge is 0.246 e. The summed E-state index contributed by atoms with van der Waals surface area (Å²) in [5, 5.41) is 2.66. The number of nitrogens with two attached hydrogens (primary N) is 1. The first-order valence-corrected chi connectivity index (χ1v) is 7.08. The van der Waals surface area contributed by atoms with Crippen LogP contribution in [0.2, 0.25) is 0 Å². The lowest BCUT2D eigenvalue weighted by atomic mass is 10.00. The van der Waals surface area contributed by atoms with Crippen molar-refractivity contribution >= 4 is 23.2 Å². The van der Waals surface area contributed by atoms with Crippen LogP contribution in [0.4, 0.5) is 11.4 Å². The van der Waals surface area contributed by atoms with Gasteiger partial charge in [-0.05, 0) is 37.0 Å². The van der Waals surface area contributed by atoms with Crippen molar-refractivity contribution in [1.29, 1.82) is 0 Å². The van der Waals surface area contributed by atoms with Crippen LogP contribution in [-0.4, -0.2) is 24.9 Å². The van der Waals surface area contributed by atoms with E-state index in [1.54, 1.807) is 4.90 Å². The van der Waals surface area contributed by atoms with Gasteiger partial charge in [0.15, 0.2) is 0 Å². The zero-order valence-corrected chi connectivity index (χ0v) is 11.8. The second-order valence-electron chi connectivity index (χ2n) is 5.02. The molecule has 2 amide bonds. The third-order valence-corrected chi connectivity index (χ3v) is 3.50. The average Bonchev–Trinajstić information content (AvgIpc) is 2.45. The van der Waals surface area contributed by atoms with Gasteiger partial charge in [0.2, 0.25) is 11.8 Å². The van der Waals surface area contributed by atoms with Gasteiger partial charge >= 0.3 is 0 Å². The number of hydrogen-bond acceptors (Lipinski definition) is 3. The first-order valence-electron chi connectivity index (χ1n) is 7.08. The van der Waals surface area contributed by atoms with E-state index in [-0.39, 0.29) is 18.4 Å². The van der Waals surface area contributed by atoms with Gasteiger partial charge in [-0.2, -0.15) is 0 Å². The van der Waals surface area contributed by atoms with Crippen molar-refractivity contribution in [1.82, 2.24) is 5.32 Å². The summed E-state index contributed by atoms with van der Waals surface area (Å²) < 4.78 is 0. The van der Waals surface area contributed by atoms with E-state index in [2.05, 4.69) is 5.32 Å². The summed E-state index contributed by atoms with van der Waals surface area (Å²) in [6.45, 7) is 2.66. The van der Waals surface area contributed by atoms with Gasteiger partial charge in [-0.15, -0.1) is 0 Å². The predicted octanol–water partition coefficient (Wildman–Crippen LogP) is 1.46. The van der Waals surface area contributed by atoms with E-state index in [0.29, 0.717) is 13.0 Å². The van der Waals surface area contributed by atoms with E-state index >= 15 is 0 Å². The second kappa shape index (κ2) is 6.41. The van der Waals surface area contributed by atoms with Crippen LogP contribution >= 0.6 is 0 Å². The maximum Gasteiger partial charge on any atom is 0.246 e. The lowest BCUT2D eigenvalue weighted by Crippen LogP contribution is -2.42. The van der Waals surface area contributed by atoms with Gasteiger partial charge in [0.1, 0.15) is 0 Å². The average molecular weight is 275 g/mol. The van der Waals surface area contributed by atoms with Crippen LogP contribution in [0.3, 0.4) is 0 Å². The molecule has 0 aromatic heterocycles. The standard InChI is InChI=1S/C15H21N3O2/c1-2-5-14(19)17-10-15(20)18-9-4-6-11-12(16)7-3-8-13(11)18/h3,7-8H,2,4-6,9-10,16H2,1H3,(H,17,19). The lowest BCUT2D eigenvalue weighted by Gasteiger charge is -2.30. The molecule has 0 radical (unpaired) electrons. The number of benzene rings is 1. The number of hydrogen-bond donors (Lipinski definition) is 2. The molecule has 108 valence electrons. The van der Waals surface area contributed by atoms with Crippen molar-refractivity contribution in [2.24, 2.45) is 0 Å². The van der Waals surface area contributed by atoms with Crippen LogP contribution in [-0.2, 0) is 16.0 Å².